The zero-order valence-corrected chi connectivity index (χ0v) is 15.6. The monoisotopic (exact) mass is 382 g/mol. The number of carbonyl (C=O) groups excluding carboxylic acids is 2. The topological polar surface area (TPSA) is 58.6 Å². The van der Waals surface area contributed by atoms with E-state index in [1.165, 1.54) is 17.4 Å². The third kappa shape index (κ3) is 3.86. The number of amides is 2. The summed E-state index contributed by atoms with van der Waals surface area (Å²) in [5.41, 5.74) is 1.59. The molecule has 4 rings (SSSR count). The fourth-order valence-corrected chi connectivity index (χ4v) is 3.86. The van der Waals surface area contributed by atoms with Gasteiger partial charge in [0.15, 0.2) is 6.61 Å². The first kappa shape index (κ1) is 18.5. The number of ether oxygens (including phenoxy) is 1. The van der Waals surface area contributed by atoms with Crippen LogP contribution in [0, 0.1) is 11.7 Å². The Morgan fingerprint density at radius 2 is 1.93 bits per heavy atom. The van der Waals surface area contributed by atoms with Crippen molar-refractivity contribution in [1.29, 1.82) is 0 Å². The van der Waals surface area contributed by atoms with Gasteiger partial charge in [0.2, 0.25) is 5.91 Å². The van der Waals surface area contributed by atoms with Crippen LogP contribution in [0.5, 0.6) is 5.75 Å². The summed E-state index contributed by atoms with van der Waals surface area (Å²) in [7, 11) is 0. The maximum Gasteiger partial charge on any atom is 0.265 e. The number of hydrogen-bond acceptors (Lipinski definition) is 3. The molecule has 2 aromatic carbocycles. The van der Waals surface area contributed by atoms with E-state index in [-0.39, 0.29) is 36.7 Å². The van der Waals surface area contributed by atoms with Crippen molar-refractivity contribution in [3.05, 3.63) is 53.8 Å². The predicted octanol–water partition coefficient (Wildman–Crippen LogP) is 4.27. The second kappa shape index (κ2) is 8.00. The molecular formula is C22H23FN2O3. The Morgan fingerprint density at radius 3 is 2.71 bits per heavy atom. The van der Waals surface area contributed by atoms with Gasteiger partial charge in [-0.05, 0) is 37.1 Å². The molecule has 6 heteroatoms. The highest BCUT2D eigenvalue weighted by Crippen LogP contribution is 2.36. The van der Waals surface area contributed by atoms with Gasteiger partial charge in [0, 0.05) is 17.2 Å². The molecule has 1 heterocycles. The average molecular weight is 382 g/mol. The van der Waals surface area contributed by atoms with Crippen molar-refractivity contribution in [2.24, 2.45) is 5.92 Å². The normalized spacial score (nSPS) is 17.0. The Kier molecular flexibility index (Phi) is 5.28. The van der Waals surface area contributed by atoms with Crippen molar-refractivity contribution < 1.29 is 18.7 Å². The molecule has 0 bridgehead atoms. The predicted molar refractivity (Wildman–Crippen MR) is 105 cm³/mol. The van der Waals surface area contributed by atoms with Crippen molar-refractivity contribution >= 4 is 23.2 Å². The van der Waals surface area contributed by atoms with E-state index in [4.69, 9.17) is 4.74 Å². The summed E-state index contributed by atoms with van der Waals surface area (Å²) in [4.78, 5) is 26.5. The van der Waals surface area contributed by atoms with Gasteiger partial charge in [-0.2, -0.15) is 0 Å². The van der Waals surface area contributed by atoms with Gasteiger partial charge in [0.1, 0.15) is 11.6 Å². The molecule has 1 aliphatic carbocycles. The van der Waals surface area contributed by atoms with E-state index in [0.717, 1.165) is 25.7 Å². The molecule has 28 heavy (non-hydrogen) atoms. The molecular weight excluding hydrogens is 359 g/mol. The van der Waals surface area contributed by atoms with Crippen LogP contribution < -0.4 is 15.0 Å². The van der Waals surface area contributed by atoms with Gasteiger partial charge in [0.25, 0.3) is 5.91 Å². The van der Waals surface area contributed by atoms with Crippen LogP contribution in [0.25, 0.3) is 0 Å². The fourth-order valence-electron chi connectivity index (χ4n) is 3.86. The van der Waals surface area contributed by atoms with Crippen molar-refractivity contribution in [3.63, 3.8) is 0 Å². The van der Waals surface area contributed by atoms with Crippen LogP contribution >= 0.6 is 0 Å². The summed E-state index contributed by atoms with van der Waals surface area (Å²) >= 11 is 0. The molecule has 0 atom stereocenters. The first-order valence-electron chi connectivity index (χ1n) is 9.73. The summed E-state index contributed by atoms with van der Waals surface area (Å²) in [5, 5.41) is 2.97. The average Bonchev–Trinajstić information content (AvgIpc) is 2.72. The molecule has 1 aliphatic heterocycles. The lowest BCUT2D eigenvalue weighted by atomic mass is 9.88. The molecule has 1 saturated carbocycles. The fraction of sp³-hybridized carbons (Fsp3) is 0.364. The summed E-state index contributed by atoms with van der Waals surface area (Å²) in [6.07, 6.45) is 5.19. The summed E-state index contributed by atoms with van der Waals surface area (Å²) in [6.45, 7) is 0.0249. The maximum absolute atomic E-state index is 14.1. The summed E-state index contributed by atoms with van der Waals surface area (Å²) < 4.78 is 19.6. The van der Waals surface area contributed by atoms with E-state index in [0.29, 0.717) is 22.7 Å². The van der Waals surface area contributed by atoms with E-state index >= 15 is 0 Å². The molecule has 0 unspecified atom stereocenters. The van der Waals surface area contributed by atoms with E-state index in [9.17, 15) is 14.0 Å². The number of benzene rings is 2. The number of carbonyl (C=O) groups is 2. The van der Waals surface area contributed by atoms with Crippen LogP contribution in [0.4, 0.5) is 15.8 Å². The summed E-state index contributed by atoms with van der Waals surface area (Å²) in [5.74, 6) is 0.00347. The number of nitrogens with zero attached hydrogens (tertiary/aromatic N) is 1. The van der Waals surface area contributed by atoms with Crippen LogP contribution in [0.15, 0.2) is 42.5 Å². The standard InChI is InChI=1S/C22H23FN2O3/c23-18-9-5-4-8-16(18)13-25-19-12-17(10-11-20(19)28-14-21(25)26)24-22(27)15-6-2-1-3-7-15/h4-5,8-12,15H,1-3,6-7,13-14H2,(H,24,27). The molecule has 5 nitrogen and oxygen atoms in total. The van der Waals surface area contributed by atoms with Crippen LogP contribution in [-0.2, 0) is 16.1 Å². The highest BCUT2D eigenvalue weighted by atomic mass is 19.1. The zero-order chi connectivity index (χ0) is 19.5. The Balaban J connectivity index is 1.57. The molecule has 0 radical (unpaired) electrons. The van der Waals surface area contributed by atoms with Crippen LogP contribution in [0.2, 0.25) is 0 Å². The highest BCUT2D eigenvalue weighted by molar-refractivity contribution is 5.99. The second-order valence-corrected chi connectivity index (χ2v) is 7.37. The first-order valence-corrected chi connectivity index (χ1v) is 9.73. The first-order chi connectivity index (χ1) is 13.6. The van der Waals surface area contributed by atoms with E-state index in [2.05, 4.69) is 5.32 Å². The van der Waals surface area contributed by atoms with Crippen LogP contribution in [-0.4, -0.2) is 18.4 Å². The SMILES string of the molecule is O=C(Nc1ccc2c(c1)N(Cc1ccccc1F)C(=O)CO2)C1CCCCC1. The minimum atomic E-state index is -0.356. The molecule has 0 aromatic heterocycles. The summed E-state index contributed by atoms with van der Waals surface area (Å²) in [6, 6.07) is 11.6. The molecule has 2 aromatic rings. The molecule has 1 N–H and O–H groups in total. The largest absolute Gasteiger partial charge is 0.482 e. The minimum Gasteiger partial charge on any atom is -0.482 e. The Morgan fingerprint density at radius 1 is 1.14 bits per heavy atom. The van der Waals surface area contributed by atoms with Crippen molar-refractivity contribution in [3.8, 4) is 5.75 Å². The zero-order valence-electron chi connectivity index (χ0n) is 15.6. The third-order valence-corrected chi connectivity index (χ3v) is 5.43. The van der Waals surface area contributed by atoms with Gasteiger partial charge in [-0.1, -0.05) is 37.5 Å². The van der Waals surface area contributed by atoms with E-state index < -0.39 is 0 Å². The molecule has 0 spiro atoms. The molecule has 0 saturated heterocycles. The van der Waals surface area contributed by atoms with Crippen molar-refractivity contribution in [2.45, 2.75) is 38.6 Å². The number of hydrogen-bond donors (Lipinski definition) is 1. The highest BCUT2D eigenvalue weighted by Gasteiger charge is 2.27. The maximum atomic E-state index is 14.1. The third-order valence-electron chi connectivity index (χ3n) is 5.43. The van der Waals surface area contributed by atoms with Gasteiger partial charge < -0.3 is 15.0 Å². The molecule has 2 amide bonds. The Labute approximate surface area is 163 Å². The number of rotatable bonds is 4. The smallest absolute Gasteiger partial charge is 0.265 e. The number of halogens is 1. The van der Waals surface area contributed by atoms with Crippen molar-refractivity contribution in [2.75, 3.05) is 16.8 Å². The lowest BCUT2D eigenvalue weighted by Crippen LogP contribution is -2.38. The molecule has 146 valence electrons. The second-order valence-electron chi connectivity index (χ2n) is 7.37. The lowest BCUT2D eigenvalue weighted by molar-refractivity contribution is -0.121. The quantitative estimate of drug-likeness (QED) is 0.859. The van der Waals surface area contributed by atoms with E-state index in [1.54, 1.807) is 36.4 Å². The van der Waals surface area contributed by atoms with Gasteiger partial charge in [0.05, 0.1) is 12.2 Å². The lowest BCUT2D eigenvalue weighted by Gasteiger charge is -2.30. The molecule has 2 aliphatic rings. The Bertz CT molecular complexity index is 893. The number of anilines is 2. The number of fused-ring (bicyclic) bond motifs is 1. The number of nitrogens with one attached hydrogen (secondary N) is 1. The minimum absolute atomic E-state index is 0.0170. The van der Waals surface area contributed by atoms with Gasteiger partial charge in [-0.25, -0.2) is 4.39 Å². The van der Waals surface area contributed by atoms with Crippen LogP contribution in [0.3, 0.4) is 0 Å². The van der Waals surface area contributed by atoms with Crippen molar-refractivity contribution in [1.82, 2.24) is 0 Å². The van der Waals surface area contributed by atoms with Gasteiger partial charge in [-0.15, -0.1) is 0 Å². The van der Waals surface area contributed by atoms with Crippen LogP contribution in [0.1, 0.15) is 37.7 Å². The molecule has 1 fully saturated rings. The Hall–Kier alpha value is -2.89. The van der Waals surface area contributed by atoms with E-state index in [1.807, 2.05) is 0 Å². The van der Waals surface area contributed by atoms with Gasteiger partial charge in [-0.3, -0.25) is 9.59 Å². The van der Waals surface area contributed by atoms with Gasteiger partial charge >= 0.3 is 0 Å².